The van der Waals surface area contributed by atoms with Crippen molar-refractivity contribution in [3.05, 3.63) is 94.2 Å². The van der Waals surface area contributed by atoms with Crippen molar-refractivity contribution in [2.24, 2.45) is 0 Å². The maximum Gasteiger partial charge on any atom is 0.135 e. The molecule has 27 heavy (non-hydrogen) atoms. The highest BCUT2D eigenvalue weighted by molar-refractivity contribution is 9.10. The van der Waals surface area contributed by atoms with Crippen molar-refractivity contribution in [3.8, 4) is 11.1 Å². The third kappa shape index (κ3) is 4.44. The molecule has 0 aliphatic carbocycles. The second-order valence-electron chi connectivity index (χ2n) is 6.50. The molecular weight excluding hydrogens is 422 g/mol. The summed E-state index contributed by atoms with van der Waals surface area (Å²) in [6.07, 6.45) is 0. The predicted molar refractivity (Wildman–Crippen MR) is 118 cm³/mol. The van der Waals surface area contributed by atoms with Gasteiger partial charge in [-0.25, -0.2) is 0 Å². The normalized spacial score (nSPS) is 10.7. The van der Waals surface area contributed by atoms with Crippen LogP contribution in [0, 0.1) is 6.92 Å². The molecule has 3 aromatic carbocycles. The van der Waals surface area contributed by atoms with Crippen LogP contribution in [0.3, 0.4) is 0 Å². The van der Waals surface area contributed by atoms with E-state index in [4.69, 9.17) is 4.42 Å². The molecule has 0 bridgehead atoms. The molecule has 1 heterocycles. The van der Waals surface area contributed by atoms with Gasteiger partial charge in [0.1, 0.15) is 11.3 Å². The second-order valence-corrected chi connectivity index (χ2v) is 7.41. The van der Waals surface area contributed by atoms with Crippen LogP contribution >= 0.6 is 28.3 Å². The Morgan fingerprint density at radius 3 is 2.37 bits per heavy atom. The minimum atomic E-state index is 0. The molecule has 1 aromatic heterocycles. The fourth-order valence-electron chi connectivity index (χ4n) is 3.24. The standard InChI is InChI=1S/C23H20BrNO.ClH/c1-16-7-12-21-20(13-16)23(18-8-10-19(24)11-9-18)22(26-21)15-25-14-17-5-3-2-4-6-17;/h2-13,25H,14-15H2,1H3;1H. The molecule has 1 N–H and O–H groups in total. The number of rotatable bonds is 5. The average molecular weight is 443 g/mol. The van der Waals surface area contributed by atoms with E-state index in [0.29, 0.717) is 6.54 Å². The first-order chi connectivity index (χ1) is 12.7. The molecule has 4 heteroatoms. The molecule has 4 aromatic rings. The number of halogens is 2. The molecular formula is C23H21BrClNO. The van der Waals surface area contributed by atoms with E-state index in [1.165, 1.54) is 27.6 Å². The fourth-order valence-corrected chi connectivity index (χ4v) is 3.50. The molecule has 0 spiro atoms. The highest BCUT2D eigenvalue weighted by atomic mass is 79.9. The minimum absolute atomic E-state index is 0. The summed E-state index contributed by atoms with van der Waals surface area (Å²) in [5.74, 6) is 0.976. The summed E-state index contributed by atoms with van der Waals surface area (Å²) in [7, 11) is 0. The zero-order valence-electron chi connectivity index (χ0n) is 15.0. The number of benzene rings is 3. The minimum Gasteiger partial charge on any atom is -0.459 e. The van der Waals surface area contributed by atoms with Crippen molar-refractivity contribution in [3.63, 3.8) is 0 Å². The highest BCUT2D eigenvalue weighted by Crippen LogP contribution is 2.36. The van der Waals surface area contributed by atoms with Crippen LogP contribution < -0.4 is 5.32 Å². The van der Waals surface area contributed by atoms with Gasteiger partial charge in [-0.2, -0.15) is 0 Å². The highest BCUT2D eigenvalue weighted by Gasteiger charge is 2.16. The molecule has 0 amide bonds. The van der Waals surface area contributed by atoms with Gasteiger partial charge in [-0.05, 0) is 42.3 Å². The van der Waals surface area contributed by atoms with E-state index in [-0.39, 0.29) is 12.4 Å². The predicted octanol–water partition coefficient (Wildman–Crippen LogP) is 6.88. The Labute approximate surface area is 174 Å². The van der Waals surface area contributed by atoms with Gasteiger partial charge in [0.05, 0.1) is 6.54 Å². The monoisotopic (exact) mass is 441 g/mol. The van der Waals surface area contributed by atoms with Crippen molar-refractivity contribution in [1.82, 2.24) is 5.32 Å². The summed E-state index contributed by atoms with van der Waals surface area (Å²) in [5.41, 5.74) is 5.79. The number of hydrogen-bond donors (Lipinski definition) is 1. The summed E-state index contributed by atoms with van der Waals surface area (Å²) >= 11 is 3.52. The van der Waals surface area contributed by atoms with E-state index in [1.807, 2.05) is 6.07 Å². The smallest absolute Gasteiger partial charge is 0.135 e. The lowest BCUT2D eigenvalue weighted by molar-refractivity contribution is 0.515. The number of furan rings is 1. The quantitative estimate of drug-likeness (QED) is 0.364. The van der Waals surface area contributed by atoms with Gasteiger partial charge in [0.2, 0.25) is 0 Å². The van der Waals surface area contributed by atoms with Crippen LogP contribution in [0.15, 0.2) is 81.7 Å². The summed E-state index contributed by atoms with van der Waals surface area (Å²) in [6.45, 7) is 3.62. The van der Waals surface area contributed by atoms with E-state index < -0.39 is 0 Å². The number of aryl methyl sites for hydroxylation is 1. The van der Waals surface area contributed by atoms with Crippen LogP contribution in [-0.4, -0.2) is 0 Å². The number of fused-ring (bicyclic) bond motifs is 1. The lowest BCUT2D eigenvalue weighted by Gasteiger charge is -2.06. The molecule has 0 saturated heterocycles. The van der Waals surface area contributed by atoms with E-state index in [1.54, 1.807) is 0 Å². The molecule has 0 unspecified atom stereocenters. The van der Waals surface area contributed by atoms with E-state index in [9.17, 15) is 0 Å². The fraction of sp³-hybridized carbons (Fsp3) is 0.130. The Morgan fingerprint density at radius 1 is 0.889 bits per heavy atom. The maximum absolute atomic E-state index is 6.20. The van der Waals surface area contributed by atoms with Crippen LogP contribution in [0.2, 0.25) is 0 Å². The first kappa shape index (κ1) is 19.7. The molecule has 0 atom stereocenters. The third-order valence-electron chi connectivity index (χ3n) is 4.51. The molecule has 0 aliphatic rings. The molecule has 0 saturated carbocycles. The molecule has 4 rings (SSSR count). The zero-order chi connectivity index (χ0) is 17.9. The average Bonchev–Trinajstić information content (AvgIpc) is 3.01. The molecule has 0 fully saturated rings. The largest absolute Gasteiger partial charge is 0.459 e. The number of nitrogens with one attached hydrogen (secondary N) is 1. The molecule has 0 radical (unpaired) electrons. The summed E-state index contributed by atoms with van der Waals surface area (Å²) in [4.78, 5) is 0. The summed E-state index contributed by atoms with van der Waals surface area (Å²) in [5, 5.41) is 4.68. The lowest BCUT2D eigenvalue weighted by atomic mass is 10.0. The van der Waals surface area contributed by atoms with Gasteiger partial charge < -0.3 is 9.73 Å². The topological polar surface area (TPSA) is 25.2 Å². The van der Waals surface area contributed by atoms with Gasteiger partial charge in [0, 0.05) is 22.0 Å². The van der Waals surface area contributed by atoms with E-state index >= 15 is 0 Å². The molecule has 0 aliphatic heterocycles. The van der Waals surface area contributed by atoms with Gasteiger partial charge in [0.15, 0.2) is 0 Å². The Morgan fingerprint density at radius 2 is 1.63 bits per heavy atom. The van der Waals surface area contributed by atoms with Gasteiger partial charge in [-0.15, -0.1) is 12.4 Å². The SMILES string of the molecule is Cc1ccc2oc(CNCc3ccccc3)c(-c3ccc(Br)cc3)c2c1.Cl. The molecule has 138 valence electrons. The summed E-state index contributed by atoms with van der Waals surface area (Å²) in [6, 6.07) is 25.2. The van der Waals surface area contributed by atoms with Gasteiger partial charge in [-0.3, -0.25) is 0 Å². The Bertz CT molecular complexity index is 1030. The first-order valence-electron chi connectivity index (χ1n) is 8.73. The maximum atomic E-state index is 6.20. The van der Waals surface area contributed by atoms with E-state index in [2.05, 4.69) is 94.9 Å². The zero-order valence-corrected chi connectivity index (χ0v) is 17.4. The van der Waals surface area contributed by atoms with Crippen molar-refractivity contribution in [1.29, 1.82) is 0 Å². The first-order valence-corrected chi connectivity index (χ1v) is 9.52. The third-order valence-corrected chi connectivity index (χ3v) is 5.04. The van der Waals surface area contributed by atoms with E-state index in [0.717, 1.165) is 22.4 Å². The Kier molecular flexibility index (Phi) is 6.38. The second kappa shape index (κ2) is 8.75. The molecule has 2 nitrogen and oxygen atoms in total. The van der Waals surface area contributed by atoms with Crippen molar-refractivity contribution >= 4 is 39.3 Å². The van der Waals surface area contributed by atoms with Crippen molar-refractivity contribution in [2.75, 3.05) is 0 Å². The van der Waals surface area contributed by atoms with Crippen LogP contribution in [0.1, 0.15) is 16.9 Å². The van der Waals surface area contributed by atoms with Crippen LogP contribution in [-0.2, 0) is 13.1 Å². The summed E-state index contributed by atoms with van der Waals surface area (Å²) < 4.78 is 7.28. The number of hydrogen-bond acceptors (Lipinski definition) is 2. The van der Waals surface area contributed by atoms with Crippen molar-refractivity contribution in [2.45, 2.75) is 20.0 Å². The van der Waals surface area contributed by atoms with Crippen LogP contribution in [0.25, 0.3) is 22.1 Å². The Balaban J connectivity index is 0.00000210. The van der Waals surface area contributed by atoms with Crippen LogP contribution in [0.5, 0.6) is 0 Å². The van der Waals surface area contributed by atoms with Crippen LogP contribution in [0.4, 0.5) is 0 Å². The lowest BCUT2D eigenvalue weighted by Crippen LogP contribution is -2.12. The van der Waals surface area contributed by atoms with Gasteiger partial charge in [0.25, 0.3) is 0 Å². The Hall–Kier alpha value is -2.07. The van der Waals surface area contributed by atoms with Crippen molar-refractivity contribution < 1.29 is 4.42 Å². The van der Waals surface area contributed by atoms with Gasteiger partial charge >= 0.3 is 0 Å². The van der Waals surface area contributed by atoms with Gasteiger partial charge in [-0.1, -0.05) is 70.0 Å².